The fourth-order valence-corrected chi connectivity index (χ4v) is 4.20. The van der Waals surface area contributed by atoms with Gasteiger partial charge in [0.2, 0.25) is 10.0 Å². The van der Waals surface area contributed by atoms with E-state index in [1.807, 2.05) is 35.9 Å². The van der Waals surface area contributed by atoms with Gasteiger partial charge < -0.3 is 19.1 Å². The normalized spacial score (nSPS) is 12.9. The number of nitrogens with zero attached hydrogens (tertiary/aromatic N) is 1. The van der Waals surface area contributed by atoms with Gasteiger partial charge in [-0.25, -0.2) is 13.1 Å². The van der Waals surface area contributed by atoms with Crippen molar-refractivity contribution >= 4 is 20.9 Å². The summed E-state index contributed by atoms with van der Waals surface area (Å²) in [5.74, 6) is 0.656. The van der Waals surface area contributed by atoms with E-state index in [2.05, 4.69) is 4.72 Å². The number of nitrogens with one attached hydrogen (secondary N) is 1. The van der Waals surface area contributed by atoms with Crippen LogP contribution in [0.5, 0.6) is 11.5 Å². The van der Waals surface area contributed by atoms with Gasteiger partial charge in [0.1, 0.15) is 16.4 Å². The van der Waals surface area contributed by atoms with Crippen LogP contribution in [-0.4, -0.2) is 38.9 Å². The van der Waals surface area contributed by atoms with Crippen LogP contribution < -0.4 is 14.2 Å². The molecular weight excluding hydrogens is 368 g/mol. The summed E-state index contributed by atoms with van der Waals surface area (Å²) in [6.45, 7) is -0.161. The number of fused-ring (bicyclic) bond motifs is 1. The van der Waals surface area contributed by atoms with Gasteiger partial charge in [0.15, 0.2) is 0 Å². The summed E-state index contributed by atoms with van der Waals surface area (Å²) in [7, 11) is 0.880. The number of sulfonamides is 1. The molecule has 0 saturated carbocycles. The topological polar surface area (TPSA) is 89.8 Å². The SMILES string of the molecule is COc1ccc(S(=O)(=O)NCC(O)c2cn(C)c3ccccc23)c(OC)c1. The summed E-state index contributed by atoms with van der Waals surface area (Å²) in [6.07, 6.45) is 0.813. The first kappa shape index (κ1) is 19.2. The third-order valence-electron chi connectivity index (χ3n) is 4.41. The van der Waals surface area contributed by atoms with Gasteiger partial charge in [-0.3, -0.25) is 0 Å². The molecule has 0 aliphatic rings. The molecule has 2 N–H and O–H groups in total. The summed E-state index contributed by atoms with van der Waals surface area (Å²) in [4.78, 5) is -0.0177. The maximum absolute atomic E-state index is 12.7. The lowest BCUT2D eigenvalue weighted by molar-refractivity contribution is 0.183. The standard InChI is InChI=1S/C19H22N2O5S/c1-21-12-15(14-6-4-5-7-16(14)21)17(22)11-20-27(23,24)19-9-8-13(25-2)10-18(19)26-3/h4-10,12,17,20,22H,11H2,1-3H3. The first-order valence-electron chi connectivity index (χ1n) is 8.31. The summed E-state index contributed by atoms with van der Waals surface area (Å²) in [5, 5.41) is 11.4. The number of aliphatic hydroxyl groups excluding tert-OH is 1. The number of methoxy groups -OCH3 is 2. The molecule has 0 aliphatic heterocycles. The lowest BCUT2D eigenvalue weighted by atomic mass is 10.1. The monoisotopic (exact) mass is 390 g/mol. The quantitative estimate of drug-likeness (QED) is 0.646. The Kier molecular flexibility index (Phi) is 5.41. The van der Waals surface area contributed by atoms with Crippen LogP contribution >= 0.6 is 0 Å². The van der Waals surface area contributed by atoms with E-state index in [-0.39, 0.29) is 17.2 Å². The molecule has 144 valence electrons. The van der Waals surface area contributed by atoms with Crippen LogP contribution in [0.1, 0.15) is 11.7 Å². The van der Waals surface area contributed by atoms with Crippen LogP contribution in [0.3, 0.4) is 0 Å². The van der Waals surface area contributed by atoms with Crippen molar-refractivity contribution in [3.8, 4) is 11.5 Å². The smallest absolute Gasteiger partial charge is 0.244 e. The number of hydrogen-bond donors (Lipinski definition) is 2. The van der Waals surface area contributed by atoms with E-state index < -0.39 is 16.1 Å². The highest BCUT2D eigenvalue weighted by Gasteiger charge is 2.22. The van der Waals surface area contributed by atoms with Gasteiger partial charge in [-0.05, 0) is 18.2 Å². The zero-order chi connectivity index (χ0) is 19.6. The third-order valence-corrected chi connectivity index (χ3v) is 5.88. The molecule has 1 aromatic heterocycles. The molecule has 1 unspecified atom stereocenters. The number of benzene rings is 2. The lowest BCUT2D eigenvalue weighted by Crippen LogP contribution is -2.28. The molecule has 0 aliphatic carbocycles. The maximum atomic E-state index is 12.7. The molecule has 0 saturated heterocycles. The highest BCUT2D eigenvalue weighted by atomic mass is 32.2. The van der Waals surface area contributed by atoms with E-state index in [0.717, 1.165) is 10.9 Å². The first-order valence-corrected chi connectivity index (χ1v) is 9.79. The number of aromatic nitrogens is 1. The maximum Gasteiger partial charge on any atom is 0.244 e. The van der Waals surface area contributed by atoms with Crippen molar-refractivity contribution in [1.82, 2.24) is 9.29 Å². The van der Waals surface area contributed by atoms with E-state index in [0.29, 0.717) is 11.3 Å². The lowest BCUT2D eigenvalue weighted by Gasteiger charge is -2.14. The summed E-state index contributed by atoms with van der Waals surface area (Å²) in [5.41, 5.74) is 1.63. The molecule has 0 fully saturated rings. The summed E-state index contributed by atoms with van der Waals surface area (Å²) < 4.78 is 39.9. The number of para-hydroxylation sites is 1. The van der Waals surface area contributed by atoms with Crippen molar-refractivity contribution in [3.63, 3.8) is 0 Å². The Hall–Kier alpha value is -2.55. The molecule has 1 heterocycles. The van der Waals surface area contributed by atoms with Gasteiger partial charge in [-0.15, -0.1) is 0 Å². The van der Waals surface area contributed by atoms with Crippen LogP contribution in [0, 0.1) is 0 Å². The molecule has 0 spiro atoms. The van der Waals surface area contributed by atoms with Crippen LogP contribution in [0.4, 0.5) is 0 Å². The number of hydrogen-bond acceptors (Lipinski definition) is 5. The number of aryl methyl sites for hydroxylation is 1. The highest BCUT2D eigenvalue weighted by molar-refractivity contribution is 7.89. The molecule has 3 rings (SSSR count). The fraction of sp³-hybridized carbons (Fsp3) is 0.263. The second kappa shape index (κ2) is 7.59. The molecule has 3 aromatic rings. The minimum atomic E-state index is -3.87. The molecule has 0 bridgehead atoms. The van der Waals surface area contributed by atoms with Gasteiger partial charge in [-0.2, -0.15) is 0 Å². The van der Waals surface area contributed by atoms with Gasteiger partial charge in [0.05, 0.1) is 20.3 Å². The molecule has 0 radical (unpaired) electrons. The molecule has 8 heteroatoms. The van der Waals surface area contributed by atoms with Crippen molar-refractivity contribution in [2.75, 3.05) is 20.8 Å². The van der Waals surface area contributed by atoms with Crippen molar-refractivity contribution in [2.45, 2.75) is 11.0 Å². The molecule has 0 amide bonds. The van der Waals surface area contributed by atoms with Crippen molar-refractivity contribution in [3.05, 3.63) is 54.2 Å². The predicted octanol–water partition coefficient (Wildman–Crippen LogP) is 2.21. The predicted molar refractivity (Wildman–Crippen MR) is 103 cm³/mol. The largest absolute Gasteiger partial charge is 0.497 e. The number of ether oxygens (including phenoxy) is 2. The van der Waals surface area contributed by atoms with Crippen molar-refractivity contribution < 1.29 is 23.0 Å². The van der Waals surface area contributed by atoms with Crippen molar-refractivity contribution in [2.24, 2.45) is 7.05 Å². The second-order valence-corrected chi connectivity index (χ2v) is 7.83. The van der Waals surface area contributed by atoms with Crippen LogP contribution in [0.25, 0.3) is 10.9 Å². The third kappa shape index (κ3) is 3.78. The average Bonchev–Trinajstić information content (AvgIpc) is 3.02. The van der Waals surface area contributed by atoms with E-state index in [9.17, 15) is 13.5 Å². The van der Waals surface area contributed by atoms with Gasteiger partial charge in [0, 0.05) is 42.3 Å². The van der Waals surface area contributed by atoms with E-state index in [1.165, 1.54) is 32.4 Å². The van der Waals surface area contributed by atoms with Crippen LogP contribution in [-0.2, 0) is 17.1 Å². The Labute approximate surface area is 158 Å². The van der Waals surface area contributed by atoms with Gasteiger partial charge >= 0.3 is 0 Å². The summed E-state index contributed by atoms with van der Waals surface area (Å²) >= 11 is 0. The Morgan fingerprint density at radius 3 is 2.59 bits per heavy atom. The minimum absolute atomic E-state index is 0.0177. The second-order valence-electron chi connectivity index (χ2n) is 6.10. The number of rotatable bonds is 7. The van der Waals surface area contributed by atoms with E-state index in [1.54, 1.807) is 6.20 Å². The molecule has 27 heavy (non-hydrogen) atoms. The average molecular weight is 390 g/mol. The van der Waals surface area contributed by atoms with Gasteiger partial charge in [-0.1, -0.05) is 18.2 Å². The van der Waals surface area contributed by atoms with Crippen molar-refractivity contribution in [1.29, 1.82) is 0 Å². The van der Waals surface area contributed by atoms with E-state index in [4.69, 9.17) is 9.47 Å². The molecule has 1 atom stereocenters. The Morgan fingerprint density at radius 1 is 1.15 bits per heavy atom. The summed E-state index contributed by atoms with van der Waals surface area (Å²) in [6, 6.07) is 12.1. The minimum Gasteiger partial charge on any atom is -0.497 e. The Bertz CT molecular complexity index is 1060. The number of aliphatic hydroxyl groups is 1. The molecular formula is C19H22N2O5S. The Morgan fingerprint density at radius 2 is 1.89 bits per heavy atom. The fourth-order valence-electron chi connectivity index (χ4n) is 3.01. The zero-order valence-corrected chi connectivity index (χ0v) is 16.2. The zero-order valence-electron chi connectivity index (χ0n) is 15.3. The molecule has 2 aromatic carbocycles. The van der Waals surface area contributed by atoms with Crippen LogP contribution in [0.2, 0.25) is 0 Å². The van der Waals surface area contributed by atoms with E-state index >= 15 is 0 Å². The Balaban J connectivity index is 1.83. The first-order chi connectivity index (χ1) is 12.9. The van der Waals surface area contributed by atoms with Crippen LogP contribution in [0.15, 0.2) is 53.6 Å². The highest BCUT2D eigenvalue weighted by Crippen LogP contribution is 2.29. The molecule has 7 nitrogen and oxygen atoms in total. The van der Waals surface area contributed by atoms with Gasteiger partial charge in [0.25, 0.3) is 0 Å².